The van der Waals surface area contributed by atoms with Crippen molar-refractivity contribution >= 4 is 23.2 Å². The van der Waals surface area contributed by atoms with E-state index in [1.165, 1.54) is 0 Å². The van der Waals surface area contributed by atoms with Gasteiger partial charge >= 0.3 is 0 Å². The molecular weight excluding hydrogens is 269 g/mol. The number of aliphatic hydroxyl groups is 1. The van der Waals surface area contributed by atoms with Crippen LogP contribution in [0.3, 0.4) is 0 Å². The van der Waals surface area contributed by atoms with Crippen LogP contribution in [0, 0.1) is 0 Å². The number of halogens is 2. The van der Waals surface area contributed by atoms with Crippen molar-refractivity contribution in [2.45, 2.75) is 18.9 Å². The van der Waals surface area contributed by atoms with Gasteiger partial charge in [0.1, 0.15) is 0 Å². The summed E-state index contributed by atoms with van der Waals surface area (Å²) in [5.74, 6) is 0. The Kier molecular flexibility index (Phi) is 3.91. The fraction of sp³-hybridized carbons (Fsp3) is 0.214. The van der Waals surface area contributed by atoms with Crippen LogP contribution in [0.4, 0.5) is 0 Å². The largest absolute Gasteiger partial charge is 0.385 e. The lowest BCUT2D eigenvalue weighted by molar-refractivity contribution is 0.0576. The van der Waals surface area contributed by atoms with Gasteiger partial charge in [-0.3, -0.25) is 4.98 Å². The topological polar surface area (TPSA) is 33.1 Å². The van der Waals surface area contributed by atoms with E-state index in [0.717, 1.165) is 11.1 Å². The van der Waals surface area contributed by atoms with Crippen LogP contribution < -0.4 is 0 Å². The quantitative estimate of drug-likeness (QED) is 0.927. The van der Waals surface area contributed by atoms with Gasteiger partial charge in [0.05, 0.1) is 10.6 Å². The van der Waals surface area contributed by atoms with E-state index in [9.17, 15) is 5.11 Å². The Morgan fingerprint density at radius 2 is 2.06 bits per heavy atom. The second kappa shape index (κ2) is 5.27. The maximum Gasteiger partial charge on any atom is 0.0909 e. The maximum absolute atomic E-state index is 10.6. The first-order valence-corrected chi connectivity index (χ1v) is 6.31. The van der Waals surface area contributed by atoms with Gasteiger partial charge in [-0.1, -0.05) is 35.3 Å². The highest BCUT2D eigenvalue weighted by Gasteiger charge is 2.24. The Bertz CT molecular complexity index is 555. The van der Waals surface area contributed by atoms with E-state index in [0.29, 0.717) is 16.5 Å². The maximum atomic E-state index is 10.6. The Labute approximate surface area is 116 Å². The van der Waals surface area contributed by atoms with Gasteiger partial charge in [0.2, 0.25) is 0 Å². The molecule has 0 aliphatic rings. The first-order chi connectivity index (χ1) is 8.49. The van der Waals surface area contributed by atoms with Crippen LogP contribution in [0.15, 0.2) is 42.7 Å². The third-order valence-corrected chi connectivity index (χ3v) is 3.41. The molecule has 1 N–H and O–H groups in total. The minimum Gasteiger partial charge on any atom is -0.385 e. The monoisotopic (exact) mass is 281 g/mol. The van der Waals surface area contributed by atoms with Crippen LogP contribution in [-0.2, 0) is 12.0 Å². The molecule has 2 rings (SSSR count). The average Bonchev–Trinajstić information content (AvgIpc) is 2.32. The smallest absolute Gasteiger partial charge is 0.0909 e. The van der Waals surface area contributed by atoms with E-state index in [4.69, 9.17) is 23.2 Å². The molecular formula is C14H13Cl2NO. The van der Waals surface area contributed by atoms with E-state index in [1.807, 2.05) is 12.1 Å². The van der Waals surface area contributed by atoms with E-state index in [2.05, 4.69) is 4.98 Å². The summed E-state index contributed by atoms with van der Waals surface area (Å²) in [7, 11) is 0. The van der Waals surface area contributed by atoms with Gasteiger partial charge in [-0.25, -0.2) is 0 Å². The van der Waals surface area contributed by atoms with Gasteiger partial charge < -0.3 is 5.11 Å². The van der Waals surface area contributed by atoms with Gasteiger partial charge in [0.15, 0.2) is 0 Å². The minimum atomic E-state index is -1.02. The van der Waals surface area contributed by atoms with Gasteiger partial charge in [0, 0.05) is 23.8 Å². The highest BCUT2D eigenvalue weighted by atomic mass is 35.5. The van der Waals surface area contributed by atoms with E-state index in [1.54, 1.807) is 37.5 Å². The standard InChI is InChI=1S/C14H13Cl2NO/c1-14(18,11-3-2-4-12(15)7-11)8-10-5-6-17-9-13(10)16/h2-7,9,18H,8H2,1H3. The lowest BCUT2D eigenvalue weighted by atomic mass is 9.89. The number of rotatable bonds is 3. The van der Waals surface area contributed by atoms with Gasteiger partial charge in [-0.05, 0) is 36.2 Å². The molecule has 1 atom stereocenters. The fourth-order valence-corrected chi connectivity index (χ4v) is 2.22. The molecule has 94 valence electrons. The van der Waals surface area contributed by atoms with Crippen molar-refractivity contribution < 1.29 is 5.11 Å². The Balaban J connectivity index is 2.30. The van der Waals surface area contributed by atoms with Crippen molar-refractivity contribution in [3.8, 4) is 0 Å². The van der Waals surface area contributed by atoms with Crippen molar-refractivity contribution in [3.63, 3.8) is 0 Å². The predicted octanol–water partition coefficient (Wildman–Crippen LogP) is 3.84. The first kappa shape index (κ1) is 13.3. The zero-order valence-electron chi connectivity index (χ0n) is 9.90. The minimum absolute atomic E-state index is 0.411. The number of aromatic nitrogens is 1. The molecule has 2 nitrogen and oxygen atoms in total. The van der Waals surface area contributed by atoms with Crippen molar-refractivity contribution in [2.24, 2.45) is 0 Å². The summed E-state index contributed by atoms with van der Waals surface area (Å²) in [6.07, 6.45) is 3.65. The third kappa shape index (κ3) is 3.02. The molecule has 1 aromatic heterocycles. The van der Waals surface area contributed by atoms with Crippen LogP contribution in [0.5, 0.6) is 0 Å². The normalized spacial score (nSPS) is 14.2. The number of pyridine rings is 1. The average molecular weight is 282 g/mol. The molecule has 2 aromatic rings. The molecule has 1 heterocycles. The van der Waals surface area contributed by atoms with Crippen LogP contribution in [0.1, 0.15) is 18.1 Å². The number of nitrogens with zero attached hydrogens (tertiary/aromatic N) is 1. The number of benzene rings is 1. The summed E-state index contributed by atoms with van der Waals surface area (Å²) in [5, 5.41) is 11.7. The molecule has 1 aromatic carbocycles. The van der Waals surface area contributed by atoms with Gasteiger partial charge in [-0.2, -0.15) is 0 Å². The number of hydrogen-bond acceptors (Lipinski definition) is 2. The summed E-state index contributed by atoms with van der Waals surface area (Å²) in [5.41, 5.74) is 0.607. The molecule has 0 amide bonds. The lowest BCUT2D eigenvalue weighted by Gasteiger charge is -2.24. The molecule has 0 radical (unpaired) electrons. The molecule has 0 saturated heterocycles. The van der Waals surface area contributed by atoms with Gasteiger partial charge in [0.25, 0.3) is 0 Å². The second-order valence-electron chi connectivity index (χ2n) is 4.43. The van der Waals surface area contributed by atoms with Crippen LogP contribution >= 0.6 is 23.2 Å². The van der Waals surface area contributed by atoms with E-state index < -0.39 is 5.60 Å². The van der Waals surface area contributed by atoms with Crippen molar-refractivity contribution in [2.75, 3.05) is 0 Å². The zero-order valence-corrected chi connectivity index (χ0v) is 11.4. The SMILES string of the molecule is CC(O)(Cc1ccncc1Cl)c1cccc(Cl)c1. The summed E-state index contributed by atoms with van der Waals surface area (Å²) in [6, 6.07) is 9.01. The van der Waals surface area contributed by atoms with Crippen LogP contribution in [-0.4, -0.2) is 10.1 Å². The molecule has 0 spiro atoms. The van der Waals surface area contributed by atoms with Crippen molar-refractivity contribution in [1.82, 2.24) is 4.98 Å². The Morgan fingerprint density at radius 1 is 1.28 bits per heavy atom. The fourth-order valence-electron chi connectivity index (χ4n) is 1.84. The summed E-state index contributed by atoms with van der Waals surface area (Å²) < 4.78 is 0. The summed E-state index contributed by atoms with van der Waals surface area (Å²) in [6.45, 7) is 1.75. The summed E-state index contributed by atoms with van der Waals surface area (Å²) in [4.78, 5) is 3.93. The molecule has 0 saturated carbocycles. The highest BCUT2D eigenvalue weighted by molar-refractivity contribution is 6.31. The molecule has 0 aliphatic carbocycles. The Hall–Kier alpha value is -1.09. The van der Waals surface area contributed by atoms with Crippen molar-refractivity contribution in [1.29, 1.82) is 0 Å². The molecule has 0 aliphatic heterocycles. The molecule has 0 fully saturated rings. The highest BCUT2D eigenvalue weighted by Crippen LogP contribution is 2.29. The number of hydrogen-bond donors (Lipinski definition) is 1. The Morgan fingerprint density at radius 3 is 2.72 bits per heavy atom. The summed E-state index contributed by atoms with van der Waals surface area (Å²) >= 11 is 12.0. The van der Waals surface area contributed by atoms with Crippen LogP contribution in [0.2, 0.25) is 10.0 Å². The zero-order chi connectivity index (χ0) is 13.2. The van der Waals surface area contributed by atoms with Crippen LogP contribution in [0.25, 0.3) is 0 Å². The van der Waals surface area contributed by atoms with E-state index in [-0.39, 0.29) is 0 Å². The lowest BCUT2D eigenvalue weighted by Crippen LogP contribution is -2.24. The third-order valence-electron chi connectivity index (χ3n) is 2.84. The second-order valence-corrected chi connectivity index (χ2v) is 5.27. The predicted molar refractivity (Wildman–Crippen MR) is 74.0 cm³/mol. The molecule has 4 heteroatoms. The molecule has 18 heavy (non-hydrogen) atoms. The molecule has 0 bridgehead atoms. The van der Waals surface area contributed by atoms with Gasteiger partial charge in [-0.15, -0.1) is 0 Å². The molecule has 1 unspecified atom stereocenters. The van der Waals surface area contributed by atoms with Crippen molar-refractivity contribution in [3.05, 3.63) is 63.9 Å². The van der Waals surface area contributed by atoms with E-state index >= 15 is 0 Å². The first-order valence-electron chi connectivity index (χ1n) is 5.56.